The summed E-state index contributed by atoms with van der Waals surface area (Å²) in [5.74, 6) is -0.107. The Hall–Kier alpha value is -1.97. The highest BCUT2D eigenvalue weighted by Gasteiger charge is 2.07. The van der Waals surface area contributed by atoms with Crippen LogP contribution < -0.4 is 5.32 Å². The maximum absolute atomic E-state index is 12.1. The highest BCUT2D eigenvalue weighted by molar-refractivity contribution is 6.31. The first-order valence-corrected chi connectivity index (χ1v) is 7.17. The highest BCUT2D eigenvalue weighted by atomic mass is 35.5. The van der Waals surface area contributed by atoms with Gasteiger partial charge in [-0.2, -0.15) is 0 Å². The van der Waals surface area contributed by atoms with E-state index in [-0.39, 0.29) is 12.5 Å². The first-order chi connectivity index (χ1) is 10.1. The van der Waals surface area contributed by atoms with Crippen molar-refractivity contribution in [2.45, 2.75) is 6.54 Å². The van der Waals surface area contributed by atoms with E-state index in [1.807, 2.05) is 35.0 Å². The van der Waals surface area contributed by atoms with Gasteiger partial charge in [0.25, 0.3) is 0 Å². The zero-order valence-corrected chi connectivity index (χ0v) is 12.5. The van der Waals surface area contributed by atoms with Crippen molar-refractivity contribution in [1.29, 1.82) is 0 Å². The molecule has 1 heterocycles. The Kier molecular flexibility index (Phi) is 3.86. The van der Waals surface area contributed by atoms with Crippen LogP contribution in [0.3, 0.4) is 0 Å². The van der Waals surface area contributed by atoms with Crippen molar-refractivity contribution in [1.82, 2.24) is 4.57 Å². The zero-order chi connectivity index (χ0) is 14.8. The summed E-state index contributed by atoms with van der Waals surface area (Å²) >= 11 is 11.8. The summed E-state index contributed by atoms with van der Waals surface area (Å²) in [5.41, 5.74) is 1.66. The van der Waals surface area contributed by atoms with E-state index >= 15 is 0 Å². The molecule has 106 valence electrons. The van der Waals surface area contributed by atoms with Crippen LogP contribution in [0, 0.1) is 0 Å². The molecule has 0 spiro atoms. The Morgan fingerprint density at radius 1 is 1.05 bits per heavy atom. The third kappa shape index (κ3) is 3.20. The number of halogens is 2. The number of carbonyl (C=O) groups is 1. The Labute approximate surface area is 132 Å². The third-order valence-corrected chi connectivity index (χ3v) is 3.63. The Balaban J connectivity index is 1.77. The summed E-state index contributed by atoms with van der Waals surface area (Å²) in [4.78, 5) is 12.1. The Morgan fingerprint density at radius 3 is 2.67 bits per heavy atom. The van der Waals surface area contributed by atoms with E-state index in [9.17, 15) is 4.79 Å². The monoisotopic (exact) mass is 318 g/mol. The first-order valence-electron chi connectivity index (χ1n) is 6.42. The topological polar surface area (TPSA) is 34.0 Å². The van der Waals surface area contributed by atoms with Crippen LogP contribution in [0.4, 0.5) is 5.69 Å². The van der Waals surface area contributed by atoms with E-state index < -0.39 is 0 Å². The van der Waals surface area contributed by atoms with Gasteiger partial charge in [0.05, 0.1) is 0 Å². The third-order valence-electron chi connectivity index (χ3n) is 3.16. The van der Waals surface area contributed by atoms with Crippen molar-refractivity contribution in [2.75, 3.05) is 5.32 Å². The summed E-state index contributed by atoms with van der Waals surface area (Å²) in [7, 11) is 0. The zero-order valence-electron chi connectivity index (χ0n) is 11.0. The van der Waals surface area contributed by atoms with Crippen molar-refractivity contribution in [3.63, 3.8) is 0 Å². The van der Waals surface area contributed by atoms with Gasteiger partial charge in [-0.25, -0.2) is 0 Å². The second-order valence-corrected chi connectivity index (χ2v) is 5.58. The second-order valence-electron chi connectivity index (χ2n) is 4.71. The molecule has 0 radical (unpaired) electrons. The van der Waals surface area contributed by atoms with Crippen molar-refractivity contribution in [3.05, 3.63) is 64.8 Å². The summed E-state index contributed by atoms with van der Waals surface area (Å²) in [6.45, 7) is 0.234. The molecule has 0 aliphatic carbocycles. The number of aromatic nitrogens is 1. The molecule has 0 unspecified atom stereocenters. The fourth-order valence-corrected chi connectivity index (χ4v) is 2.60. The van der Waals surface area contributed by atoms with E-state index in [2.05, 4.69) is 5.32 Å². The number of nitrogens with zero attached hydrogens (tertiary/aromatic N) is 1. The van der Waals surface area contributed by atoms with Crippen LogP contribution in [0.15, 0.2) is 54.7 Å². The molecule has 3 rings (SSSR count). The van der Waals surface area contributed by atoms with E-state index in [1.54, 1.807) is 24.3 Å². The smallest absolute Gasteiger partial charge is 0.244 e. The van der Waals surface area contributed by atoms with Crippen molar-refractivity contribution in [2.24, 2.45) is 0 Å². The minimum atomic E-state index is -0.107. The van der Waals surface area contributed by atoms with E-state index in [0.717, 1.165) is 10.9 Å². The lowest BCUT2D eigenvalue weighted by Gasteiger charge is -2.08. The highest BCUT2D eigenvalue weighted by Crippen LogP contribution is 2.21. The molecule has 3 nitrogen and oxygen atoms in total. The molecule has 2 aromatic carbocycles. The van der Waals surface area contributed by atoms with Gasteiger partial charge in [0.1, 0.15) is 6.54 Å². The average Bonchev–Trinajstić information content (AvgIpc) is 2.81. The molecule has 0 saturated carbocycles. The van der Waals surface area contributed by atoms with Gasteiger partial charge in [-0.15, -0.1) is 0 Å². The summed E-state index contributed by atoms with van der Waals surface area (Å²) in [6.07, 6.45) is 1.87. The van der Waals surface area contributed by atoms with Gasteiger partial charge >= 0.3 is 0 Å². The quantitative estimate of drug-likeness (QED) is 0.753. The van der Waals surface area contributed by atoms with Gasteiger partial charge in [0.15, 0.2) is 0 Å². The second kappa shape index (κ2) is 5.80. The summed E-state index contributed by atoms with van der Waals surface area (Å²) < 4.78 is 1.88. The number of benzene rings is 2. The van der Waals surface area contributed by atoms with Crippen LogP contribution in [0.2, 0.25) is 10.0 Å². The van der Waals surface area contributed by atoms with Crippen LogP contribution in [-0.4, -0.2) is 10.5 Å². The molecule has 1 aromatic heterocycles. The maximum atomic E-state index is 12.1. The number of fused-ring (bicyclic) bond motifs is 1. The lowest BCUT2D eigenvalue weighted by atomic mass is 10.2. The number of hydrogen-bond donors (Lipinski definition) is 1. The van der Waals surface area contributed by atoms with Crippen LogP contribution in [0.1, 0.15) is 0 Å². The Morgan fingerprint density at radius 2 is 1.86 bits per heavy atom. The lowest BCUT2D eigenvalue weighted by Crippen LogP contribution is -2.18. The van der Waals surface area contributed by atoms with Gasteiger partial charge in [-0.05, 0) is 42.5 Å². The minimum absolute atomic E-state index is 0.107. The van der Waals surface area contributed by atoms with E-state index in [0.29, 0.717) is 15.7 Å². The predicted octanol–water partition coefficient (Wildman–Crippen LogP) is 4.59. The lowest BCUT2D eigenvalue weighted by molar-refractivity contribution is -0.116. The molecule has 0 aliphatic rings. The largest absolute Gasteiger partial charge is 0.338 e. The molecule has 0 bridgehead atoms. The van der Waals surface area contributed by atoms with Crippen molar-refractivity contribution >= 4 is 45.7 Å². The van der Waals surface area contributed by atoms with Gasteiger partial charge in [-0.1, -0.05) is 29.3 Å². The van der Waals surface area contributed by atoms with Crippen LogP contribution in [-0.2, 0) is 11.3 Å². The predicted molar refractivity (Wildman–Crippen MR) is 87.0 cm³/mol. The number of carbonyl (C=O) groups excluding carboxylic acids is 1. The average molecular weight is 319 g/mol. The number of nitrogens with one attached hydrogen (secondary N) is 1. The SMILES string of the molecule is O=C(Cn1ccc2cc(Cl)ccc21)Nc1cccc(Cl)c1. The summed E-state index contributed by atoms with van der Waals surface area (Å²) in [5, 5.41) is 5.11. The molecule has 0 atom stereocenters. The summed E-state index contributed by atoms with van der Waals surface area (Å²) in [6, 6.07) is 14.6. The fourth-order valence-electron chi connectivity index (χ4n) is 2.23. The number of hydrogen-bond acceptors (Lipinski definition) is 1. The fraction of sp³-hybridized carbons (Fsp3) is 0.0625. The van der Waals surface area contributed by atoms with Crippen molar-refractivity contribution < 1.29 is 4.79 Å². The number of amides is 1. The van der Waals surface area contributed by atoms with Crippen molar-refractivity contribution in [3.8, 4) is 0 Å². The van der Waals surface area contributed by atoms with Crippen LogP contribution in [0.5, 0.6) is 0 Å². The first kappa shape index (κ1) is 14.0. The molecule has 21 heavy (non-hydrogen) atoms. The molecular weight excluding hydrogens is 307 g/mol. The van der Waals surface area contributed by atoms with Crippen LogP contribution in [0.25, 0.3) is 10.9 Å². The molecule has 1 N–H and O–H groups in total. The molecule has 0 saturated heterocycles. The molecule has 1 amide bonds. The maximum Gasteiger partial charge on any atom is 0.244 e. The standard InChI is InChI=1S/C16H12Cl2N2O/c17-12-2-1-3-14(9-12)19-16(21)10-20-7-6-11-8-13(18)4-5-15(11)20/h1-9H,10H2,(H,19,21). The van der Waals surface area contributed by atoms with E-state index in [4.69, 9.17) is 23.2 Å². The number of rotatable bonds is 3. The molecule has 5 heteroatoms. The van der Waals surface area contributed by atoms with Gasteiger partial charge in [0, 0.05) is 32.8 Å². The Bertz CT molecular complexity index is 811. The molecule has 0 aliphatic heterocycles. The minimum Gasteiger partial charge on any atom is -0.338 e. The van der Waals surface area contributed by atoms with Crippen LogP contribution >= 0.6 is 23.2 Å². The molecule has 0 fully saturated rings. The van der Waals surface area contributed by atoms with Gasteiger partial charge in [-0.3, -0.25) is 4.79 Å². The van der Waals surface area contributed by atoms with Gasteiger partial charge in [0.2, 0.25) is 5.91 Å². The normalized spacial score (nSPS) is 10.8. The van der Waals surface area contributed by atoms with E-state index in [1.165, 1.54) is 0 Å². The van der Waals surface area contributed by atoms with Gasteiger partial charge < -0.3 is 9.88 Å². The molecule has 3 aromatic rings. The number of anilines is 1. The molecular formula is C16H12Cl2N2O.